The van der Waals surface area contributed by atoms with Gasteiger partial charge in [-0.15, -0.1) is 0 Å². The second-order valence-electron chi connectivity index (χ2n) is 6.32. The number of rotatable bonds is 6. The van der Waals surface area contributed by atoms with Gasteiger partial charge in [0.15, 0.2) is 0 Å². The van der Waals surface area contributed by atoms with Crippen LogP contribution in [0.15, 0.2) is 35.6 Å². The molecule has 1 aliphatic rings. The Morgan fingerprint density at radius 3 is 2.60 bits per heavy atom. The van der Waals surface area contributed by atoms with Crippen molar-refractivity contribution in [1.82, 2.24) is 4.98 Å². The van der Waals surface area contributed by atoms with Crippen molar-refractivity contribution in [2.75, 3.05) is 6.61 Å². The van der Waals surface area contributed by atoms with Crippen LogP contribution in [0.25, 0.3) is 10.9 Å². The van der Waals surface area contributed by atoms with Crippen LogP contribution in [0, 0.1) is 0 Å². The summed E-state index contributed by atoms with van der Waals surface area (Å²) in [6.45, 7) is -0.623. The Morgan fingerprint density at radius 2 is 1.93 bits per heavy atom. The first-order valence-electron chi connectivity index (χ1n) is 8.43. The molecule has 0 radical (unpaired) electrons. The molecule has 0 amide bonds. The molecule has 5 unspecified atom stereocenters. The number of hydrogen-bond acceptors (Lipinski definition) is 11. The maximum Gasteiger partial charge on any atom is 1.00 e. The van der Waals surface area contributed by atoms with Crippen LogP contribution in [0.2, 0.25) is 0 Å². The summed E-state index contributed by atoms with van der Waals surface area (Å²) in [5.41, 5.74) is 0.299. The average molecular weight is 487 g/mol. The molecule has 0 spiro atoms. The van der Waals surface area contributed by atoms with E-state index in [1.54, 1.807) is 12.3 Å². The molecule has 5 N–H and O–H groups in total. The monoisotopic (exact) mass is 486 g/mol. The molecule has 5 atom stereocenters. The van der Waals surface area contributed by atoms with E-state index >= 15 is 0 Å². The number of hydrogen-bond donors (Lipinski definition) is 5. The quantitative estimate of drug-likeness (QED) is 0.0674. The number of thioether (sulfide) groups is 1. The Hall–Kier alpha value is -0.0736. The Kier molecular flexibility index (Phi) is 9.75. The molecule has 1 fully saturated rings. The molecule has 1 aromatic heterocycles. The van der Waals surface area contributed by atoms with Gasteiger partial charge in [-0.05, 0) is 11.6 Å². The average Bonchev–Trinajstić information content (AvgIpc) is 3.08. The van der Waals surface area contributed by atoms with Crippen molar-refractivity contribution in [1.29, 1.82) is 0 Å². The van der Waals surface area contributed by atoms with E-state index in [1.165, 1.54) is 0 Å². The van der Waals surface area contributed by atoms with Gasteiger partial charge in [0.25, 0.3) is 10.4 Å². The number of fused-ring (bicyclic) bond motifs is 1. The molecule has 30 heavy (non-hydrogen) atoms. The summed E-state index contributed by atoms with van der Waals surface area (Å²) in [6, 6.07) is 7.29. The molecule has 1 aliphatic heterocycles. The smallest absolute Gasteiger partial charge is 0.714 e. The van der Waals surface area contributed by atoms with Gasteiger partial charge in [0.05, 0.1) is 6.61 Å². The Morgan fingerprint density at radius 1 is 1.23 bits per heavy atom. The summed E-state index contributed by atoms with van der Waals surface area (Å²) < 4.78 is 41.8. The van der Waals surface area contributed by atoms with Gasteiger partial charge in [0.2, 0.25) is 0 Å². The third kappa shape index (κ3) is 6.47. The number of nitrogens with zero attached hydrogens (tertiary/aromatic N) is 1. The van der Waals surface area contributed by atoms with E-state index in [2.05, 4.69) is 14.4 Å². The van der Waals surface area contributed by atoms with E-state index in [0.717, 1.165) is 10.9 Å². The number of para-hydroxylation sites is 1. The number of nitrogens with one attached hydrogen (secondary N) is 1. The van der Waals surface area contributed by atoms with E-state index in [1.807, 2.05) is 18.2 Å². The van der Waals surface area contributed by atoms with Crippen molar-refractivity contribution in [3.05, 3.63) is 36.0 Å². The summed E-state index contributed by atoms with van der Waals surface area (Å²) in [7, 11) is -5.12. The van der Waals surface area contributed by atoms with Crippen LogP contribution < -0.4 is 51.4 Å². The maximum absolute atomic E-state index is 10.8. The number of aliphatic hydroxyl groups excluding tert-OH is 4. The second kappa shape index (κ2) is 11.2. The van der Waals surface area contributed by atoms with E-state index in [9.17, 15) is 33.4 Å². The number of aromatic nitrogens is 1. The molecule has 0 bridgehead atoms. The van der Waals surface area contributed by atoms with Crippen molar-refractivity contribution in [2.45, 2.75) is 36.3 Å². The summed E-state index contributed by atoms with van der Waals surface area (Å²) >= 11 is 0.699. The maximum atomic E-state index is 10.8. The summed E-state index contributed by atoms with van der Waals surface area (Å²) in [5, 5.41) is 43.4. The van der Waals surface area contributed by atoms with Crippen molar-refractivity contribution in [3.8, 4) is 0 Å². The number of oxime groups is 1. The molecule has 2 heterocycles. The van der Waals surface area contributed by atoms with E-state index in [4.69, 9.17) is 4.74 Å². The first kappa shape index (κ1) is 26.2. The summed E-state index contributed by atoms with van der Waals surface area (Å²) in [5.74, 6) is 0. The first-order valence-corrected chi connectivity index (χ1v) is 10.6. The molecule has 0 saturated carbocycles. The van der Waals surface area contributed by atoms with Crippen molar-refractivity contribution in [2.24, 2.45) is 5.16 Å². The number of aromatic amines is 1. The molecule has 2 aromatic rings. The van der Waals surface area contributed by atoms with Crippen molar-refractivity contribution in [3.63, 3.8) is 0 Å². The Labute approximate surface area is 218 Å². The summed E-state index contributed by atoms with van der Waals surface area (Å²) in [6.07, 6.45) is -4.20. The van der Waals surface area contributed by atoms with Gasteiger partial charge in [-0.25, -0.2) is 0 Å². The predicted octanol–water partition coefficient (Wildman–Crippen LogP) is -3.96. The van der Waals surface area contributed by atoms with Crippen LogP contribution in [0.1, 0.15) is 5.56 Å². The van der Waals surface area contributed by atoms with E-state index < -0.39 is 46.9 Å². The molecular weight excluding hydrogens is 467 g/mol. The Balaban J connectivity index is 0.00000320. The minimum atomic E-state index is -5.12. The van der Waals surface area contributed by atoms with E-state index in [0.29, 0.717) is 17.3 Å². The number of benzene rings is 1. The predicted molar refractivity (Wildman–Crippen MR) is 102 cm³/mol. The molecule has 11 nitrogen and oxygen atoms in total. The SMILES string of the molecule is O=S(=O)([O-])ON=C(Cc1c[nH]c2ccccc12)SC1OC(CO)C(O)C(O)C1O.[K+]. The minimum Gasteiger partial charge on any atom is -0.714 e. The van der Waals surface area contributed by atoms with Crippen LogP contribution in [0.3, 0.4) is 0 Å². The topological polar surface area (TPSA) is 185 Å². The van der Waals surface area contributed by atoms with Gasteiger partial charge in [0, 0.05) is 23.5 Å². The normalized spacial score (nSPS) is 27.6. The van der Waals surface area contributed by atoms with Crippen LogP contribution in [0.4, 0.5) is 0 Å². The fraction of sp³-hybridized carbons (Fsp3) is 0.438. The molecule has 160 valence electrons. The van der Waals surface area contributed by atoms with Crippen molar-refractivity contribution < 1.29 is 93.8 Å². The summed E-state index contributed by atoms with van der Waals surface area (Å²) in [4.78, 5) is 3.04. The molecule has 1 saturated heterocycles. The van der Waals surface area contributed by atoms with Crippen LogP contribution in [-0.4, -0.2) is 79.9 Å². The number of aliphatic hydroxyl groups is 4. The molecule has 0 aliphatic carbocycles. The zero-order valence-electron chi connectivity index (χ0n) is 15.8. The number of H-pyrrole nitrogens is 1. The number of ether oxygens (including phenoxy) is 1. The van der Waals surface area contributed by atoms with Crippen LogP contribution >= 0.6 is 11.8 Å². The van der Waals surface area contributed by atoms with Gasteiger partial charge < -0.3 is 34.7 Å². The molecule has 3 rings (SSSR count). The minimum absolute atomic E-state index is 0. The van der Waals surface area contributed by atoms with Gasteiger partial charge in [-0.3, -0.25) is 4.28 Å². The van der Waals surface area contributed by atoms with Gasteiger partial charge >= 0.3 is 51.4 Å². The van der Waals surface area contributed by atoms with E-state index in [-0.39, 0.29) is 62.8 Å². The van der Waals surface area contributed by atoms with Gasteiger partial charge in [-0.1, -0.05) is 35.1 Å². The van der Waals surface area contributed by atoms with Crippen molar-refractivity contribution >= 4 is 38.1 Å². The second-order valence-corrected chi connectivity index (χ2v) is 8.46. The zero-order chi connectivity index (χ0) is 21.2. The Bertz CT molecular complexity index is 982. The van der Waals surface area contributed by atoms with Crippen LogP contribution in [0.5, 0.6) is 0 Å². The fourth-order valence-corrected chi connectivity index (χ4v) is 4.24. The molecular formula is C16H19KN2O9S2. The first-order chi connectivity index (χ1) is 13.7. The largest absolute Gasteiger partial charge is 1.00 e. The van der Waals surface area contributed by atoms with Crippen LogP contribution in [-0.2, 0) is 25.8 Å². The third-order valence-electron chi connectivity index (χ3n) is 4.35. The molecule has 1 aromatic carbocycles. The fourth-order valence-electron chi connectivity index (χ4n) is 2.92. The van der Waals surface area contributed by atoms with Gasteiger partial charge in [0.1, 0.15) is 34.9 Å². The molecule has 14 heteroatoms. The van der Waals surface area contributed by atoms with Gasteiger partial charge in [-0.2, -0.15) is 8.42 Å². The standard InChI is InChI=1S/C16H20N2O9S2.K/c19-7-11-13(20)14(21)15(22)16(26-11)28-12(18-27-29(23,24)25)5-8-6-17-10-4-2-1-3-9(8)10;/h1-4,6,11,13-17,19-22H,5,7H2,(H,23,24,25);/q;+1/p-1. The third-order valence-corrected chi connectivity index (χ3v) is 5.72. The zero-order valence-corrected chi connectivity index (χ0v) is 20.5.